The van der Waals surface area contributed by atoms with Crippen LogP contribution in [0.1, 0.15) is 0 Å². The molecular weight excluding hydrogens is 358 g/mol. The molecule has 0 spiro atoms. The molecule has 9 nitrogen and oxygen atoms in total. The molecule has 0 radical (unpaired) electrons. The van der Waals surface area contributed by atoms with E-state index in [1.165, 1.54) is 0 Å². The molecule has 0 bridgehead atoms. The van der Waals surface area contributed by atoms with Crippen LogP contribution in [-0.2, 0) is 7.05 Å². The van der Waals surface area contributed by atoms with E-state index in [0.29, 0.717) is 18.3 Å². The number of aromatic nitrogens is 4. The number of benzene rings is 1. The Bertz CT molecular complexity index is 951. The van der Waals surface area contributed by atoms with Crippen molar-refractivity contribution in [2.45, 2.75) is 0 Å². The van der Waals surface area contributed by atoms with Crippen LogP contribution in [0.5, 0.6) is 5.75 Å². The van der Waals surface area contributed by atoms with Gasteiger partial charge in [-0.3, -0.25) is 4.68 Å². The van der Waals surface area contributed by atoms with Crippen molar-refractivity contribution in [1.29, 1.82) is 0 Å². The number of rotatable bonds is 6. The molecule has 1 aromatic carbocycles. The number of piperazine rings is 1. The Kier molecular flexibility index (Phi) is 5.16. The van der Waals surface area contributed by atoms with Crippen molar-refractivity contribution < 1.29 is 9.84 Å². The predicted molar refractivity (Wildman–Crippen MR) is 109 cm³/mol. The number of anilines is 3. The summed E-state index contributed by atoms with van der Waals surface area (Å²) in [7, 11) is 3.57. The Morgan fingerprint density at radius 2 is 1.86 bits per heavy atom. The number of nitrogens with one attached hydrogen (secondary N) is 1. The minimum absolute atomic E-state index is 0.0404. The Morgan fingerprint density at radius 3 is 2.61 bits per heavy atom. The lowest BCUT2D eigenvalue weighted by molar-refractivity contribution is 0.311. The highest BCUT2D eigenvalue weighted by atomic mass is 16.5. The monoisotopic (exact) mass is 383 g/mol. The van der Waals surface area contributed by atoms with Crippen molar-refractivity contribution in [2.75, 3.05) is 61.6 Å². The maximum Gasteiger partial charge on any atom is 0.229 e. The van der Waals surface area contributed by atoms with E-state index in [0.717, 1.165) is 48.6 Å². The van der Waals surface area contributed by atoms with Crippen LogP contribution in [-0.4, -0.2) is 71.3 Å². The highest BCUT2D eigenvalue weighted by Gasteiger charge is 2.23. The molecule has 1 fully saturated rings. The SMILES string of the molecule is COc1ccccc1N1CCN(c2nc(NCCO)c3cnn(C)c3n2)CC1. The van der Waals surface area contributed by atoms with Gasteiger partial charge in [0.2, 0.25) is 5.95 Å². The van der Waals surface area contributed by atoms with Gasteiger partial charge < -0.3 is 25.0 Å². The summed E-state index contributed by atoms with van der Waals surface area (Å²) in [4.78, 5) is 13.9. The van der Waals surface area contributed by atoms with Crippen LogP contribution >= 0.6 is 0 Å². The Morgan fingerprint density at radius 1 is 1.11 bits per heavy atom. The highest BCUT2D eigenvalue weighted by Crippen LogP contribution is 2.29. The first-order chi connectivity index (χ1) is 13.7. The molecule has 9 heteroatoms. The van der Waals surface area contributed by atoms with Crippen LogP contribution in [0.2, 0.25) is 0 Å². The van der Waals surface area contributed by atoms with Crippen molar-refractivity contribution in [2.24, 2.45) is 7.05 Å². The zero-order valence-corrected chi connectivity index (χ0v) is 16.2. The molecule has 0 saturated carbocycles. The number of aliphatic hydroxyl groups is 1. The lowest BCUT2D eigenvalue weighted by Gasteiger charge is -2.36. The van der Waals surface area contributed by atoms with Gasteiger partial charge in [-0.25, -0.2) is 0 Å². The number of ether oxygens (including phenoxy) is 1. The summed E-state index contributed by atoms with van der Waals surface area (Å²) in [5.74, 6) is 2.27. The van der Waals surface area contributed by atoms with E-state index in [1.54, 1.807) is 18.0 Å². The predicted octanol–water partition coefficient (Wildman–Crippen LogP) is 1.10. The first-order valence-electron chi connectivity index (χ1n) is 9.38. The minimum Gasteiger partial charge on any atom is -0.495 e. The fourth-order valence-electron chi connectivity index (χ4n) is 3.50. The second-order valence-electron chi connectivity index (χ2n) is 6.67. The van der Waals surface area contributed by atoms with Crippen LogP contribution in [0.4, 0.5) is 17.5 Å². The molecule has 28 heavy (non-hydrogen) atoms. The average Bonchev–Trinajstić information content (AvgIpc) is 3.13. The summed E-state index contributed by atoms with van der Waals surface area (Å²) >= 11 is 0. The Balaban J connectivity index is 1.56. The molecule has 0 atom stereocenters. The molecule has 148 valence electrons. The van der Waals surface area contributed by atoms with E-state index in [1.807, 2.05) is 25.2 Å². The number of fused-ring (bicyclic) bond motifs is 1. The maximum absolute atomic E-state index is 9.15. The standard InChI is InChI=1S/C19H25N7O2/c1-24-18-14(13-21-24)17(20-7-12-27)22-19(23-18)26-10-8-25(9-11-26)15-5-3-4-6-16(15)28-2/h3-6,13,27H,7-12H2,1-2H3,(H,20,22,23). The lowest BCUT2D eigenvalue weighted by atomic mass is 10.2. The highest BCUT2D eigenvalue weighted by molar-refractivity contribution is 5.87. The molecule has 4 rings (SSSR count). The molecule has 1 aliphatic rings. The Hall–Kier alpha value is -3.07. The minimum atomic E-state index is 0.0404. The molecule has 0 amide bonds. The molecule has 0 aliphatic carbocycles. The third-order valence-corrected chi connectivity index (χ3v) is 4.97. The van der Waals surface area contributed by atoms with Gasteiger partial charge in [-0.15, -0.1) is 0 Å². The molecule has 3 aromatic rings. The fraction of sp³-hybridized carbons (Fsp3) is 0.421. The normalized spacial score (nSPS) is 14.5. The molecular formula is C19H25N7O2. The van der Waals surface area contributed by atoms with E-state index in [-0.39, 0.29) is 6.61 Å². The van der Waals surface area contributed by atoms with Gasteiger partial charge in [0.1, 0.15) is 11.6 Å². The van der Waals surface area contributed by atoms with Crippen LogP contribution in [0.25, 0.3) is 11.0 Å². The van der Waals surface area contributed by atoms with Gasteiger partial charge in [-0.1, -0.05) is 12.1 Å². The molecule has 0 unspecified atom stereocenters. The van der Waals surface area contributed by atoms with Crippen LogP contribution in [0.15, 0.2) is 30.5 Å². The van der Waals surface area contributed by atoms with E-state index in [9.17, 15) is 0 Å². The first kappa shape index (κ1) is 18.3. The van der Waals surface area contributed by atoms with Gasteiger partial charge in [-0.05, 0) is 12.1 Å². The summed E-state index contributed by atoms with van der Waals surface area (Å²) in [5, 5.41) is 17.5. The number of para-hydroxylation sites is 2. The van der Waals surface area contributed by atoms with E-state index in [2.05, 4.69) is 26.3 Å². The molecule has 2 N–H and O–H groups in total. The summed E-state index contributed by atoms with van der Waals surface area (Å²) < 4.78 is 7.24. The summed E-state index contributed by atoms with van der Waals surface area (Å²) in [6.45, 7) is 3.79. The maximum atomic E-state index is 9.15. The quantitative estimate of drug-likeness (QED) is 0.654. The third-order valence-electron chi connectivity index (χ3n) is 4.97. The molecule has 2 aromatic heterocycles. The van der Waals surface area contributed by atoms with Crippen LogP contribution in [0.3, 0.4) is 0 Å². The smallest absolute Gasteiger partial charge is 0.229 e. The molecule has 1 saturated heterocycles. The number of aryl methyl sites for hydroxylation is 1. The van der Waals surface area contributed by atoms with Gasteiger partial charge in [0, 0.05) is 39.8 Å². The first-order valence-corrected chi connectivity index (χ1v) is 9.38. The molecule has 3 heterocycles. The summed E-state index contributed by atoms with van der Waals surface area (Å²) in [6.07, 6.45) is 1.75. The van der Waals surface area contributed by atoms with Gasteiger partial charge in [0.05, 0.1) is 31.0 Å². The van der Waals surface area contributed by atoms with Gasteiger partial charge in [0.15, 0.2) is 5.65 Å². The van der Waals surface area contributed by atoms with Crippen molar-refractivity contribution in [3.05, 3.63) is 30.5 Å². The van der Waals surface area contributed by atoms with E-state index in [4.69, 9.17) is 19.8 Å². The average molecular weight is 383 g/mol. The largest absolute Gasteiger partial charge is 0.495 e. The second kappa shape index (κ2) is 7.89. The number of aliphatic hydroxyl groups excluding tert-OH is 1. The lowest BCUT2D eigenvalue weighted by Crippen LogP contribution is -2.47. The number of hydrogen-bond acceptors (Lipinski definition) is 8. The zero-order valence-electron chi connectivity index (χ0n) is 16.2. The van der Waals surface area contributed by atoms with Crippen molar-refractivity contribution in [1.82, 2.24) is 19.7 Å². The van der Waals surface area contributed by atoms with Crippen LogP contribution in [0, 0.1) is 0 Å². The van der Waals surface area contributed by atoms with Gasteiger partial charge >= 0.3 is 0 Å². The number of hydrogen-bond donors (Lipinski definition) is 2. The summed E-state index contributed by atoms with van der Waals surface area (Å²) in [5.41, 5.74) is 1.88. The third kappa shape index (κ3) is 3.40. The van der Waals surface area contributed by atoms with Crippen molar-refractivity contribution >= 4 is 28.5 Å². The topological polar surface area (TPSA) is 91.6 Å². The number of methoxy groups -OCH3 is 1. The second-order valence-corrected chi connectivity index (χ2v) is 6.67. The van der Waals surface area contributed by atoms with Gasteiger partial charge in [-0.2, -0.15) is 15.1 Å². The number of nitrogens with zero attached hydrogens (tertiary/aromatic N) is 6. The molecule has 1 aliphatic heterocycles. The van der Waals surface area contributed by atoms with Crippen LogP contribution < -0.4 is 19.9 Å². The zero-order chi connectivity index (χ0) is 19.5. The van der Waals surface area contributed by atoms with E-state index >= 15 is 0 Å². The fourth-order valence-corrected chi connectivity index (χ4v) is 3.50. The Labute approximate surface area is 163 Å². The van der Waals surface area contributed by atoms with E-state index < -0.39 is 0 Å². The van der Waals surface area contributed by atoms with Gasteiger partial charge in [0.25, 0.3) is 0 Å². The summed E-state index contributed by atoms with van der Waals surface area (Å²) in [6, 6.07) is 8.09. The van der Waals surface area contributed by atoms with Crippen molar-refractivity contribution in [3.63, 3.8) is 0 Å². The van der Waals surface area contributed by atoms with Crippen molar-refractivity contribution in [3.8, 4) is 5.75 Å².